The summed E-state index contributed by atoms with van der Waals surface area (Å²) in [5, 5.41) is 12.8. The van der Waals surface area contributed by atoms with Gasteiger partial charge in [-0.3, -0.25) is 4.79 Å². The molecule has 0 atom stereocenters. The first-order chi connectivity index (χ1) is 19.2. The zero-order valence-corrected chi connectivity index (χ0v) is 23.5. The number of piperidine rings is 1. The lowest BCUT2D eigenvalue weighted by Gasteiger charge is -2.32. The molecular weight excluding hydrogens is 500 g/mol. The first kappa shape index (κ1) is 26.1. The zero-order valence-electron chi connectivity index (χ0n) is 22.7. The average Bonchev–Trinajstić information content (AvgIpc) is 3.39. The number of nitrogens with zero attached hydrogens (tertiary/aromatic N) is 4. The topological polar surface area (TPSA) is 51.0 Å². The van der Waals surface area contributed by atoms with Crippen LogP contribution in [0.15, 0.2) is 78.0 Å². The van der Waals surface area contributed by atoms with Crippen molar-refractivity contribution < 1.29 is 4.79 Å². The lowest BCUT2D eigenvalue weighted by atomic mass is 9.90. The van der Waals surface area contributed by atoms with Gasteiger partial charge < -0.3 is 9.47 Å². The van der Waals surface area contributed by atoms with Crippen molar-refractivity contribution in [1.82, 2.24) is 19.7 Å². The maximum atomic E-state index is 13.2. The Morgan fingerprint density at radius 3 is 2.38 bits per heavy atom. The van der Waals surface area contributed by atoms with Gasteiger partial charge in [0, 0.05) is 25.6 Å². The number of carbonyl (C=O) groups excluding carboxylic acids is 1. The van der Waals surface area contributed by atoms with Crippen LogP contribution >= 0.6 is 11.8 Å². The number of benzene rings is 3. The van der Waals surface area contributed by atoms with E-state index in [4.69, 9.17) is 5.10 Å². The Morgan fingerprint density at radius 2 is 1.56 bits per heavy atom. The normalized spacial score (nSPS) is 17.1. The molecule has 39 heavy (non-hydrogen) atoms. The van der Waals surface area contributed by atoms with Crippen molar-refractivity contribution in [2.75, 3.05) is 18.8 Å². The Balaban J connectivity index is 1.12. The Labute approximate surface area is 236 Å². The molecule has 1 saturated carbocycles. The second-order valence-corrected chi connectivity index (χ2v) is 12.1. The summed E-state index contributed by atoms with van der Waals surface area (Å²) in [5.74, 6) is 2.35. The Hall–Kier alpha value is -3.12. The minimum atomic E-state index is 0.229. The minimum Gasteiger partial charge on any atom is -0.342 e. The number of hydrogen-bond acceptors (Lipinski definition) is 4. The van der Waals surface area contributed by atoms with Gasteiger partial charge in [0.1, 0.15) is 5.82 Å². The second-order valence-electron chi connectivity index (χ2n) is 11.2. The largest absolute Gasteiger partial charge is 0.342 e. The van der Waals surface area contributed by atoms with E-state index in [0.29, 0.717) is 17.7 Å². The van der Waals surface area contributed by atoms with Gasteiger partial charge >= 0.3 is 0 Å². The molecule has 6 rings (SSSR count). The zero-order chi connectivity index (χ0) is 26.4. The molecule has 6 heteroatoms. The van der Waals surface area contributed by atoms with Crippen LogP contribution in [0.3, 0.4) is 0 Å². The van der Waals surface area contributed by atoms with Crippen LogP contribution in [0.1, 0.15) is 67.9 Å². The van der Waals surface area contributed by atoms with E-state index in [1.807, 2.05) is 0 Å². The summed E-state index contributed by atoms with van der Waals surface area (Å²) in [6, 6.07) is 26.2. The van der Waals surface area contributed by atoms with Gasteiger partial charge in [-0.15, -0.1) is 10.2 Å². The fraction of sp³-hybridized carbons (Fsp3) is 0.424. The Kier molecular flexibility index (Phi) is 8.29. The van der Waals surface area contributed by atoms with Crippen LogP contribution in [0, 0.1) is 5.92 Å². The molecule has 0 radical (unpaired) electrons. The van der Waals surface area contributed by atoms with E-state index in [1.54, 1.807) is 11.8 Å². The van der Waals surface area contributed by atoms with E-state index in [1.165, 1.54) is 41.2 Å². The highest BCUT2D eigenvalue weighted by Crippen LogP contribution is 2.34. The number of hydrogen-bond donors (Lipinski definition) is 0. The van der Waals surface area contributed by atoms with Gasteiger partial charge in [-0.1, -0.05) is 104 Å². The summed E-state index contributed by atoms with van der Waals surface area (Å²) in [5.41, 5.74) is 2.68. The molecule has 0 bridgehead atoms. The molecule has 0 N–H and O–H groups in total. The molecule has 2 aliphatic rings. The van der Waals surface area contributed by atoms with Crippen LogP contribution in [0.4, 0.5) is 0 Å². The van der Waals surface area contributed by atoms with E-state index in [0.717, 1.165) is 62.6 Å². The van der Waals surface area contributed by atoms with E-state index < -0.39 is 0 Å². The molecule has 3 aromatic carbocycles. The van der Waals surface area contributed by atoms with Crippen LogP contribution < -0.4 is 0 Å². The van der Waals surface area contributed by atoms with Gasteiger partial charge in [-0.25, -0.2) is 0 Å². The Morgan fingerprint density at radius 1 is 0.821 bits per heavy atom. The molecule has 5 nitrogen and oxygen atoms in total. The fourth-order valence-electron chi connectivity index (χ4n) is 6.40. The van der Waals surface area contributed by atoms with Crippen LogP contribution in [0.5, 0.6) is 0 Å². The molecule has 1 aliphatic heterocycles. The number of likely N-dealkylation sites (tertiary alicyclic amines) is 1. The monoisotopic (exact) mass is 538 g/mol. The van der Waals surface area contributed by atoms with Gasteiger partial charge in [0.25, 0.3) is 0 Å². The minimum absolute atomic E-state index is 0.229. The van der Waals surface area contributed by atoms with Crippen LogP contribution in [-0.4, -0.2) is 44.4 Å². The van der Waals surface area contributed by atoms with Gasteiger partial charge in [-0.2, -0.15) is 0 Å². The lowest BCUT2D eigenvalue weighted by molar-refractivity contribution is -0.129. The number of aromatic nitrogens is 3. The van der Waals surface area contributed by atoms with Crippen molar-refractivity contribution in [3.63, 3.8) is 0 Å². The third-order valence-electron chi connectivity index (χ3n) is 8.56. The van der Waals surface area contributed by atoms with Gasteiger partial charge in [0.2, 0.25) is 5.91 Å². The average molecular weight is 539 g/mol. The number of rotatable bonds is 8. The third-order valence-corrected chi connectivity index (χ3v) is 9.49. The fourth-order valence-corrected chi connectivity index (χ4v) is 7.33. The maximum absolute atomic E-state index is 13.2. The molecule has 1 amide bonds. The Bertz CT molecular complexity index is 1380. The molecule has 1 aliphatic carbocycles. The molecular formula is C33H38N4OS. The van der Waals surface area contributed by atoms with Crippen molar-refractivity contribution in [3.8, 4) is 0 Å². The van der Waals surface area contributed by atoms with Gasteiger partial charge in [0.15, 0.2) is 5.16 Å². The summed E-state index contributed by atoms with van der Waals surface area (Å²) >= 11 is 1.58. The second kappa shape index (κ2) is 12.4. The quantitative estimate of drug-likeness (QED) is 0.225. The van der Waals surface area contributed by atoms with Crippen molar-refractivity contribution in [2.45, 2.75) is 69.0 Å². The van der Waals surface area contributed by atoms with Crippen molar-refractivity contribution in [2.24, 2.45) is 5.92 Å². The number of fused-ring (bicyclic) bond motifs is 1. The highest BCUT2D eigenvalue weighted by atomic mass is 32.2. The predicted octanol–water partition coefficient (Wildman–Crippen LogP) is 7.10. The number of thioether (sulfide) groups is 1. The molecule has 2 heterocycles. The van der Waals surface area contributed by atoms with Crippen molar-refractivity contribution in [1.29, 1.82) is 0 Å². The van der Waals surface area contributed by atoms with E-state index in [-0.39, 0.29) is 5.91 Å². The number of carbonyl (C=O) groups is 1. The van der Waals surface area contributed by atoms with Crippen LogP contribution in [-0.2, 0) is 17.6 Å². The summed E-state index contributed by atoms with van der Waals surface area (Å²) in [6.07, 6.45) is 10.2. The first-order valence-corrected chi connectivity index (χ1v) is 15.6. The smallest absolute Gasteiger partial charge is 0.233 e. The summed E-state index contributed by atoms with van der Waals surface area (Å²) < 4.78 is 2.38. The maximum Gasteiger partial charge on any atom is 0.233 e. The van der Waals surface area contributed by atoms with Crippen LogP contribution in [0.25, 0.3) is 10.8 Å². The molecule has 1 saturated heterocycles. The summed E-state index contributed by atoms with van der Waals surface area (Å²) in [6.45, 7) is 1.72. The first-order valence-electron chi connectivity index (χ1n) is 14.6. The SMILES string of the molecule is O=C(CSc1nnc(Cc2cccc3ccccc23)n1C1CCCCC1)N1CCC(Cc2ccccc2)CC1. The summed E-state index contributed by atoms with van der Waals surface area (Å²) in [4.78, 5) is 15.3. The van der Waals surface area contributed by atoms with E-state index >= 15 is 0 Å². The summed E-state index contributed by atoms with van der Waals surface area (Å²) in [7, 11) is 0. The number of amides is 1. The van der Waals surface area contributed by atoms with E-state index in [2.05, 4.69) is 87.4 Å². The molecule has 4 aromatic rings. The highest BCUT2D eigenvalue weighted by Gasteiger charge is 2.26. The molecule has 1 aromatic heterocycles. The van der Waals surface area contributed by atoms with Crippen molar-refractivity contribution >= 4 is 28.4 Å². The molecule has 0 spiro atoms. The van der Waals surface area contributed by atoms with Crippen LogP contribution in [0.2, 0.25) is 0 Å². The van der Waals surface area contributed by atoms with E-state index in [9.17, 15) is 4.79 Å². The van der Waals surface area contributed by atoms with Crippen molar-refractivity contribution in [3.05, 3.63) is 89.7 Å². The molecule has 2 fully saturated rings. The van der Waals surface area contributed by atoms with Gasteiger partial charge in [-0.05, 0) is 59.9 Å². The molecule has 202 valence electrons. The third kappa shape index (κ3) is 6.22. The predicted molar refractivity (Wildman–Crippen MR) is 159 cm³/mol. The molecule has 0 unspecified atom stereocenters. The lowest BCUT2D eigenvalue weighted by Crippen LogP contribution is -2.39. The standard InChI is InChI=1S/C33H38N4OS/c38-32(36-20-18-26(19-21-36)22-25-10-3-1-4-11-25)24-39-33-35-34-31(37(33)29-15-5-2-6-16-29)23-28-14-9-13-27-12-7-8-17-30(27)28/h1,3-4,7-14,17,26,29H,2,5-6,15-16,18-24H2. The van der Waals surface area contributed by atoms with Gasteiger partial charge in [0.05, 0.1) is 5.75 Å². The highest BCUT2D eigenvalue weighted by molar-refractivity contribution is 7.99.